The summed E-state index contributed by atoms with van der Waals surface area (Å²) in [5.41, 5.74) is 1.59. The van der Waals surface area contributed by atoms with Crippen LogP contribution in [0.4, 0.5) is 0 Å². The third-order valence-electron chi connectivity index (χ3n) is 4.32. The highest BCUT2D eigenvalue weighted by Crippen LogP contribution is 2.44. The minimum absolute atomic E-state index is 0.0298. The van der Waals surface area contributed by atoms with E-state index in [0.717, 1.165) is 29.7 Å². The Kier molecular flexibility index (Phi) is 2.82. The molecule has 2 heterocycles. The minimum atomic E-state index is -0.825. The van der Waals surface area contributed by atoms with E-state index in [1.165, 1.54) is 0 Å². The second kappa shape index (κ2) is 4.63. The number of hydrogen-bond acceptors (Lipinski definition) is 4. The molecule has 1 aromatic carbocycles. The molecule has 1 N–H and O–H groups in total. The lowest BCUT2D eigenvalue weighted by Crippen LogP contribution is -2.25. The largest absolute Gasteiger partial charge is 0.480 e. The van der Waals surface area contributed by atoms with Crippen molar-refractivity contribution in [1.29, 1.82) is 0 Å². The Morgan fingerprint density at radius 3 is 2.59 bits per heavy atom. The second-order valence-electron chi connectivity index (χ2n) is 6.34. The molecule has 6 nitrogen and oxygen atoms in total. The first-order valence-electron chi connectivity index (χ1n) is 7.60. The van der Waals surface area contributed by atoms with Crippen molar-refractivity contribution < 1.29 is 19.4 Å². The summed E-state index contributed by atoms with van der Waals surface area (Å²) >= 11 is 0. The van der Waals surface area contributed by atoms with Gasteiger partial charge in [0.2, 0.25) is 6.79 Å². The van der Waals surface area contributed by atoms with Gasteiger partial charge >= 0.3 is 5.97 Å². The van der Waals surface area contributed by atoms with Crippen LogP contribution in [-0.2, 0) is 4.79 Å². The Balaban J connectivity index is 1.97. The molecule has 1 aromatic heterocycles. The highest BCUT2D eigenvalue weighted by Gasteiger charge is 2.36. The van der Waals surface area contributed by atoms with Gasteiger partial charge in [-0.2, -0.15) is 0 Å². The van der Waals surface area contributed by atoms with E-state index >= 15 is 0 Å². The Hall–Kier alpha value is -2.24. The Morgan fingerprint density at radius 2 is 2.00 bits per heavy atom. The topological polar surface area (TPSA) is 73.6 Å². The number of imidazole rings is 1. The van der Waals surface area contributed by atoms with E-state index in [0.29, 0.717) is 17.4 Å². The van der Waals surface area contributed by atoms with Gasteiger partial charge in [-0.25, -0.2) is 9.78 Å². The molecular weight excluding hydrogens is 284 g/mol. The molecule has 22 heavy (non-hydrogen) atoms. The van der Waals surface area contributed by atoms with Gasteiger partial charge in [0.25, 0.3) is 0 Å². The molecule has 0 bridgehead atoms. The van der Waals surface area contributed by atoms with E-state index in [1.807, 2.05) is 30.5 Å². The number of carboxylic acid groups (broad SMARTS) is 1. The van der Waals surface area contributed by atoms with Crippen LogP contribution in [0.1, 0.15) is 44.5 Å². The summed E-state index contributed by atoms with van der Waals surface area (Å²) in [6, 6.07) is 3.08. The van der Waals surface area contributed by atoms with E-state index in [2.05, 4.69) is 0 Å². The Bertz CT molecular complexity index is 761. The Morgan fingerprint density at radius 1 is 1.32 bits per heavy atom. The van der Waals surface area contributed by atoms with Gasteiger partial charge in [0, 0.05) is 18.1 Å². The number of aromatic nitrogens is 2. The normalized spacial score (nSPS) is 18.1. The van der Waals surface area contributed by atoms with Crippen LogP contribution in [-0.4, -0.2) is 27.4 Å². The number of hydrogen-bond donors (Lipinski definition) is 1. The average molecular weight is 302 g/mol. The number of ether oxygens (including phenoxy) is 2. The monoisotopic (exact) mass is 302 g/mol. The smallest absolute Gasteiger partial charge is 0.327 e. The van der Waals surface area contributed by atoms with E-state index in [4.69, 9.17) is 14.5 Å². The number of benzene rings is 1. The van der Waals surface area contributed by atoms with Gasteiger partial charge in [-0.3, -0.25) is 0 Å². The van der Waals surface area contributed by atoms with Crippen LogP contribution >= 0.6 is 0 Å². The molecule has 1 aliphatic heterocycles. The fraction of sp³-hybridized carbons (Fsp3) is 0.500. The second-order valence-corrected chi connectivity index (χ2v) is 6.34. The summed E-state index contributed by atoms with van der Waals surface area (Å²) in [6.45, 7) is 4.05. The molecular formula is C16H18N2O4. The molecule has 0 saturated heterocycles. The van der Waals surface area contributed by atoms with Gasteiger partial charge in [-0.15, -0.1) is 0 Å². The average Bonchev–Trinajstić information content (AvgIpc) is 3.10. The molecule has 2 aliphatic rings. The summed E-state index contributed by atoms with van der Waals surface area (Å²) < 4.78 is 12.7. The van der Waals surface area contributed by atoms with Gasteiger partial charge in [-0.1, -0.05) is 13.8 Å². The lowest BCUT2D eigenvalue weighted by atomic mass is 10.0. The minimum Gasteiger partial charge on any atom is -0.480 e. The zero-order chi connectivity index (χ0) is 15.4. The molecule has 4 rings (SSSR count). The first kappa shape index (κ1) is 13.4. The predicted molar refractivity (Wildman–Crippen MR) is 79.3 cm³/mol. The molecule has 1 fully saturated rings. The van der Waals surface area contributed by atoms with Gasteiger partial charge in [0.1, 0.15) is 11.9 Å². The van der Waals surface area contributed by atoms with E-state index in [1.54, 1.807) is 0 Å². The lowest BCUT2D eigenvalue weighted by Gasteiger charge is -2.21. The zero-order valence-corrected chi connectivity index (χ0v) is 12.6. The Labute approximate surface area is 127 Å². The van der Waals surface area contributed by atoms with Crippen molar-refractivity contribution in [2.75, 3.05) is 6.79 Å². The molecule has 1 saturated carbocycles. The molecule has 1 unspecified atom stereocenters. The van der Waals surface area contributed by atoms with Crippen molar-refractivity contribution in [2.45, 2.75) is 38.6 Å². The van der Waals surface area contributed by atoms with E-state index in [-0.39, 0.29) is 12.7 Å². The molecule has 0 amide bonds. The molecule has 0 spiro atoms. The summed E-state index contributed by atoms with van der Waals surface area (Å²) in [5, 5.41) is 9.69. The maximum Gasteiger partial charge on any atom is 0.327 e. The maximum atomic E-state index is 11.8. The number of nitrogens with zero attached hydrogens (tertiary/aromatic N) is 2. The summed E-state index contributed by atoms with van der Waals surface area (Å²) in [7, 11) is 0. The van der Waals surface area contributed by atoms with Crippen molar-refractivity contribution in [3.63, 3.8) is 0 Å². The van der Waals surface area contributed by atoms with Crippen LogP contribution in [0.2, 0.25) is 0 Å². The fourth-order valence-corrected chi connectivity index (χ4v) is 3.12. The quantitative estimate of drug-likeness (QED) is 0.940. The molecule has 1 aliphatic carbocycles. The molecule has 2 aromatic rings. The van der Waals surface area contributed by atoms with Crippen LogP contribution in [0.5, 0.6) is 11.5 Å². The lowest BCUT2D eigenvalue weighted by molar-refractivity contribution is -0.142. The third kappa shape index (κ3) is 1.94. The van der Waals surface area contributed by atoms with Crippen molar-refractivity contribution in [1.82, 2.24) is 9.55 Å². The summed E-state index contributed by atoms with van der Waals surface area (Å²) in [4.78, 5) is 16.5. The van der Waals surface area contributed by atoms with Crippen molar-refractivity contribution in [3.05, 3.63) is 18.0 Å². The fourth-order valence-electron chi connectivity index (χ4n) is 3.12. The van der Waals surface area contributed by atoms with E-state index < -0.39 is 12.0 Å². The molecule has 1 atom stereocenters. The van der Waals surface area contributed by atoms with Gasteiger partial charge in [-0.05, 0) is 18.8 Å². The highest BCUT2D eigenvalue weighted by atomic mass is 16.7. The number of carbonyl (C=O) groups is 1. The van der Waals surface area contributed by atoms with Crippen LogP contribution in [0.15, 0.2) is 12.1 Å². The number of fused-ring (bicyclic) bond motifs is 2. The number of carboxylic acids is 1. The number of aliphatic carboxylic acids is 1. The highest BCUT2D eigenvalue weighted by molar-refractivity contribution is 5.84. The molecule has 6 heteroatoms. The zero-order valence-electron chi connectivity index (χ0n) is 12.6. The first-order valence-corrected chi connectivity index (χ1v) is 7.60. The number of rotatable bonds is 4. The van der Waals surface area contributed by atoms with Crippen LogP contribution in [0, 0.1) is 5.92 Å². The SMILES string of the molecule is CC(C)C(C(=O)O)n1c(C2CC2)nc2cc3c(cc21)OCO3. The third-order valence-corrected chi connectivity index (χ3v) is 4.32. The molecule has 116 valence electrons. The van der Waals surface area contributed by atoms with Crippen molar-refractivity contribution >= 4 is 17.0 Å². The summed E-state index contributed by atoms with van der Waals surface area (Å²) in [6.07, 6.45) is 2.14. The maximum absolute atomic E-state index is 11.8. The first-order chi connectivity index (χ1) is 10.6. The molecule has 0 radical (unpaired) electrons. The van der Waals surface area contributed by atoms with Crippen LogP contribution in [0.25, 0.3) is 11.0 Å². The van der Waals surface area contributed by atoms with Gasteiger partial charge in [0.05, 0.1) is 11.0 Å². The van der Waals surface area contributed by atoms with Gasteiger partial charge < -0.3 is 19.1 Å². The standard InChI is InChI=1S/C16H18N2O4/c1-8(2)14(16(19)20)18-11-6-13-12(21-7-22-13)5-10(11)17-15(18)9-3-4-9/h5-6,8-9,14H,3-4,7H2,1-2H3,(H,19,20). The van der Waals surface area contributed by atoms with Crippen LogP contribution in [0.3, 0.4) is 0 Å². The summed E-state index contributed by atoms with van der Waals surface area (Å²) in [5.74, 6) is 1.72. The van der Waals surface area contributed by atoms with Crippen molar-refractivity contribution in [3.8, 4) is 11.5 Å². The predicted octanol–water partition coefficient (Wildman–Crippen LogP) is 2.92. The van der Waals surface area contributed by atoms with Gasteiger partial charge in [0.15, 0.2) is 11.5 Å². The van der Waals surface area contributed by atoms with Crippen molar-refractivity contribution in [2.24, 2.45) is 5.92 Å². The van der Waals surface area contributed by atoms with E-state index in [9.17, 15) is 9.90 Å². The van der Waals surface area contributed by atoms with Crippen LogP contribution < -0.4 is 9.47 Å².